The van der Waals surface area contributed by atoms with E-state index in [1.165, 1.54) is 12.1 Å². The SMILES string of the molecule is CC/C=C\c1ccc(O)cc1N=O. The summed E-state index contributed by atoms with van der Waals surface area (Å²) in [7, 11) is 0. The zero-order chi connectivity index (χ0) is 9.68. The molecule has 0 spiro atoms. The Kier molecular flexibility index (Phi) is 3.20. The van der Waals surface area contributed by atoms with Crippen molar-refractivity contribution in [3.63, 3.8) is 0 Å². The summed E-state index contributed by atoms with van der Waals surface area (Å²) in [4.78, 5) is 10.3. The molecule has 13 heavy (non-hydrogen) atoms. The summed E-state index contributed by atoms with van der Waals surface area (Å²) >= 11 is 0. The van der Waals surface area contributed by atoms with Crippen molar-refractivity contribution < 1.29 is 5.11 Å². The molecule has 0 aliphatic heterocycles. The van der Waals surface area contributed by atoms with E-state index in [1.807, 2.05) is 19.1 Å². The molecule has 0 unspecified atom stereocenters. The third-order valence-electron chi connectivity index (χ3n) is 1.65. The first-order valence-electron chi connectivity index (χ1n) is 4.11. The maximum Gasteiger partial charge on any atom is 0.118 e. The molecule has 1 aromatic rings. The van der Waals surface area contributed by atoms with Gasteiger partial charge in [0, 0.05) is 11.6 Å². The van der Waals surface area contributed by atoms with Crippen LogP contribution in [0.1, 0.15) is 18.9 Å². The van der Waals surface area contributed by atoms with Crippen molar-refractivity contribution in [1.82, 2.24) is 0 Å². The minimum absolute atomic E-state index is 0.0586. The summed E-state index contributed by atoms with van der Waals surface area (Å²) < 4.78 is 0. The Balaban J connectivity index is 3.06. The first kappa shape index (κ1) is 9.45. The highest BCUT2D eigenvalue weighted by molar-refractivity contribution is 5.65. The van der Waals surface area contributed by atoms with Gasteiger partial charge in [0.05, 0.1) is 0 Å². The lowest BCUT2D eigenvalue weighted by molar-refractivity contribution is 0.475. The van der Waals surface area contributed by atoms with E-state index in [0.717, 1.165) is 12.0 Å². The van der Waals surface area contributed by atoms with Crippen LogP contribution >= 0.6 is 0 Å². The predicted molar refractivity (Wildman–Crippen MR) is 52.9 cm³/mol. The third-order valence-corrected chi connectivity index (χ3v) is 1.65. The number of hydrogen-bond donors (Lipinski definition) is 1. The lowest BCUT2D eigenvalue weighted by atomic mass is 10.1. The molecule has 0 atom stereocenters. The molecule has 0 amide bonds. The van der Waals surface area contributed by atoms with Gasteiger partial charge in [-0.05, 0) is 23.7 Å². The summed E-state index contributed by atoms with van der Waals surface area (Å²) in [6.07, 6.45) is 4.65. The molecular weight excluding hydrogens is 166 g/mol. The number of nitroso groups, excluding NO2 is 1. The van der Waals surface area contributed by atoms with Gasteiger partial charge < -0.3 is 5.11 Å². The first-order chi connectivity index (χ1) is 6.27. The van der Waals surface area contributed by atoms with Crippen LogP contribution in [0.25, 0.3) is 6.08 Å². The highest BCUT2D eigenvalue weighted by atomic mass is 16.3. The van der Waals surface area contributed by atoms with Crippen LogP contribution < -0.4 is 0 Å². The van der Waals surface area contributed by atoms with Crippen LogP contribution in [0.5, 0.6) is 5.75 Å². The fraction of sp³-hybridized carbons (Fsp3) is 0.200. The Labute approximate surface area is 76.7 Å². The van der Waals surface area contributed by atoms with E-state index in [1.54, 1.807) is 6.07 Å². The lowest BCUT2D eigenvalue weighted by Gasteiger charge is -1.97. The van der Waals surface area contributed by atoms with Gasteiger partial charge in [-0.25, -0.2) is 0 Å². The zero-order valence-electron chi connectivity index (χ0n) is 7.40. The van der Waals surface area contributed by atoms with Gasteiger partial charge in [0.1, 0.15) is 11.4 Å². The van der Waals surface area contributed by atoms with Gasteiger partial charge >= 0.3 is 0 Å². The summed E-state index contributed by atoms with van der Waals surface area (Å²) in [5.74, 6) is 0.0586. The minimum Gasteiger partial charge on any atom is -0.508 e. The number of nitrogens with zero attached hydrogens (tertiary/aromatic N) is 1. The molecule has 0 aliphatic rings. The Morgan fingerprint density at radius 3 is 2.92 bits per heavy atom. The molecule has 1 N–H and O–H groups in total. The standard InChI is InChI=1S/C10H11NO2/c1-2-3-4-8-5-6-9(12)7-10(8)11-13/h3-7,12H,2H2,1H3/b4-3-. The Bertz CT molecular complexity index is 332. The number of allylic oxidation sites excluding steroid dienone is 1. The third kappa shape index (κ3) is 2.40. The molecule has 0 aliphatic carbocycles. The number of phenols is 1. The number of aromatic hydroxyl groups is 1. The molecule has 0 fully saturated rings. The van der Waals surface area contributed by atoms with Gasteiger partial charge in [-0.15, -0.1) is 4.91 Å². The zero-order valence-corrected chi connectivity index (χ0v) is 7.40. The molecule has 68 valence electrons. The van der Waals surface area contributed by atoms with E-state index in [0.29, 0.717) is 0 Å². The van der Waals surface area contributed by atoms with Crippen LogP contribution in [0.15, 0.2) is 29.5 Å². The van der Waals surface area contributed by atoms with Gasteiger partial charge in [0.15, 0.2) is 0 Å². The van der Waals surface area contributed by atoms with Gasteiger partial charge in [-0.3, -0.25) is 0 Å². The van der Waals surface area contributed by atoms with Gasteiger partial charge in [0.25, 0.3) is 0 Å². The minimum atomic E-state index is 0.0586. The van der Waals surface area contributed by atoms with Crippen molar-refractivity contribution >= 4 is 11.8 Å². The number of benzene rings is 1. The summed E-state index contributed by atoms with van der Waals surface area (Å²) in [6.45, 7) is 2.00. The molecule has 0 saturated carbocycles. The second-order valence-electron chi connectivity index (χ2n) is 2.65. The maximum atomic E-state index is 10.3. The smallest absolute Gasteiger partial charge is 0.118 e. The second-order valence-corrected chi connectivity index (χ2v) is 2.65. The second kappa shape index (κ2) is 4.40. The molecule has 0 heterocycles. The molecular formula is C10H11NO2. The van der Waals surface area contributed by atoms with Crippen LogP contribution in [0.2, 0.25) is 0 Å². The fourth-order valence-corrected chi connectivity index (χ4v) is 0.997. The van der Waals surface area contributed by atoms with Gasteiger partial charge in [0.2, 0.25) is 0 Å². The van der Waals surface area contributed by atoms with Crippen LogP contribution in [-0.4, -0.2) is 5.11 Å². The molecule has 0 bridgehead atoms. The normalized spacial score (nSPS) is 10.5. The van der Waals surface area contributed by atoms with Crippen molar-refractivity contribution in [2.75, 3.05) is 0 Å². The van der Waals surface area contributed by atoms with E-state index in [4.69, 9.17) is 5.11 Å². The highest BCUT2D eigenvalue weighted by Gasteiger charge is 1.99. The van der Waals surface area contributed by atoms with Crippen molar-refractivity contribution in [2.45, 2.75) is 13.3 Å². The Hall–Kier alpha value is -1.64. The molecule has 3 nitrogen and oxygen atoms in total. The van der Waals surface area contributed by atoms with Crippen LogP contribution in [0.4, 0.5) is 5.69 Å². The maximum absolute atomic E-state index is 10.3. The van der Waals surface area contributed by atoms with E-state index in [2.05, 4.69) is 5.18 Å². The van der Waals surface area contributed by atoms with E-state index in [-0.39, 0.29) is 11.4 Å². The topological polar surface area (TPSA) is 49.7 Å². The molecule has 0 saturated heterocycles. The molecule has 0 aromatic heterocycles. The summed E-state index contributed by atoms with van der Waals surface area (Å²) in [6, 6.07) is 4.55. The fourth-order valence-electron chi connectivity index (χ4n) is 0.997. The Morgan fingerprint density at radius 1 is 1.54 bits per heavy atom. The van der Waals surface area contributed by atoms with Crippen molar-refractivity contribution in [2.24, 2.45) is 5.18 Å². The van der Waals surface area contributed by atoms with E-state index < -0.39 is 0 Å². The molecule has 1 rings (SSSR count). The van der Waals surface area contributed by atoms with Gasteiger partial charge in [-0.1, -0.05) is 19.1 Å². The number of phenolic OH excluding ortho intramolecular Hbond substituents is 1. The van der Waals surface area contributed by atoms with E-state index >= 15 is 0 Å². The van der Waals surface area contributed by atoms with E-state index in [9.17, 15) is 4.91 Å². The van der Waals surface area contributed by atoms with Crippen LogP contribution in [0.3, 0.4) is 0 Å². The van der Waals surface area contributed by atoms with Gasteiger partial charge in [-0.2, -0.15) is 0 Å². The Morgan fingerprint density at radius 2 is 2.31 bits per heavy atom. The first-order valence-corrected chi connectivity index (χ1v) is 4.11. The summed E-state index contributed by atoms with van der Waals surface area (Å²) in [5.41, 5.74) is 0.999. The average molecular weight is 177 g/mol. The quantitative estimate of drug-likeness (QED) is 0.720. The summed E-state index contributed by atoms with van der Waals surface area (Å²) in [5, 5.41) is 11.9. The predicted octanol–water partition coefficient (Wildman–Crippen LogP) is 3.21. The van der Waals surface area contributed by atoms with Crippen LogP contribution in [0, 0.1) is 4.91 Å². The largest absolute Gasteiger partial charge is 0.508 e. The van der Waals surface area contributed by atoms with Crippen molar-refractivity contribution in [1.29, 1.82) is 0 Å². The average Bonchev–Trinajstić information content (AvgIpc) is 2.16. The van der Waals surface area contributed by atoms with Crippen LogP contribution in [-0.2, 0) is 0 Å². The number of hydrogen-bond acceptors (Lipinski definition) is 3. The van der Waals surface area contributed by atoms with Crippen molar-refractivity contribution in [3.8, 4) is 5.75 Å². The highest BCUT2D eigenvalue weighted by Crippen LogP contribution is 2.25. The lowest BCUT2D eigenvalue weighted by Crippen LogP contribution is -1.73. The molecule has 1 aromatic carbocycles. The molecule has 0 radical (unpaired) electrons. The van der Waals surface area contributed by atoms with Crippen molar-refractivity contribution in [3.05, 3.63) is 34.7 Å². The number of rotatable bonds is 3. The molecule has 3 heteroatoms. The monoisotopic (exact) mass is 177 g/mol.